The second-order valence-electron chi connectivity index (χ2n) is 22.2. The number of rotatable bonds is 18. The van der Waals surface area contributed by atoms with E-state index in [2.05, 4.69) is 10.6 Å². The van der Waals surface area contributed by atoms with Gasteiger partial charge in [0.15, 0.2) is 35.3 Å². The van der Waals surface area contributed by atoms with Gasteiger partial charge in [-0.3, -0.25) is 57.5 Å². The Hall–Kier alpha value is -10.6. The van der Waals surface area contributed by atoms with Crippen LogP contribution in [0.4, 0.5) is 0 Å². The number of hydrogen-bond acceptors (Lipinski definition) is 28. The smallest absolute Gasteiger partial charge is 0.305 e. The lowest BCUT2D eigenvalue weighted by atomic mass is 9.77. The molecule has 8 aromatic rings. The molecule has 0 aromatic heterocycles. The number of ether oxygens (including phenoxy) is 10. The van der Waals surface area contributed by atoms with Crippen molar-refractivity contribution in [3.05, 3.63) is 55.8 Å². The van der Waals surface area contributed by atoms with Crippen LogP contribution in [0.5, 0.6) is 34.5 Å². The molecule has 2 heterocycles. The molecule has 0 aliphatic carbocycles. The van der Waals surface area contributed by atoms with E-state index in [-0.39, 0.29) is 65.0 Å². The number of amides is 2. The van der Waals surface area contributed by atoms with Crippen LogP contribution in [0, 0.1) is 0 Å². The monoisotopic (exact) mass is 1280 g/mol. The Balaban J connectivity index is 1.17. The van der Waals surface area contributed by atoms with E-state index in [0.29, 0.717) is 0 Å². The van der Waals surface area contributed by atoms with E-state index in [9.17, 15) is 88.2 Å². The van der Waals surface area contributed by atoms with Crippen LogP contribution in [-0.4, -0.2) is 165 Å². The van der Waals surface area contributed by atoms with Crippen molar-refractivity contribution >= 4 is 135 Å². The molecule has 2 fully saturated rings. The summed E-state index contributed by atoms with van der Waals surface area (Å²) in [5.41, 5.74) is -2.00. The topological polar surface area (TPSA) is 443 Å². The molecule has 0 unspecified atom stereocenters. The molecule has 2 aliphatic heterocycles. The summed E-state index contributed by atoms with van der Waals surface area (Å²) in [7, 11) is 0. The van der Waals surface area contributed by atoms with Crippen LogP contribution in [-0.2, 0) is 108 Å². The minimum Gasteiger partial charge on any atom is -0.507 e. The van der Waals surface area contributed by atoms with Crippen LogP contribution >= 0.6 is 0 Å². The Morgan fingerprint density at radius 1 is 0.370 bits per heavy atom. The highest BCUT2D eigenvalue weighted by molar-refractivity contribution is 6.52. The van der Waals surface area contributed by atoms with Crippen molar-refractivity contribution in [3.8, 4) is 34.5 Å². The lowest BCUT2D eigenvalue weighted by Gasteiger charge is -2.44. The summed E-state index contributed by atoms with van der Waals surface area (Å²) < 4.78 is 55.2. The number of carbonyl (C=O) groups is 10. The van der Waals surface area contributed by atoms with Crippen molar-refractivity contribution in [1.82, 2.24) is 10.6 Å². The number of nitrogens with one attached hydrogen (secondary N) is 2. The molecule has 0 saturated carbocycles. The standard InChI is InChI=1S/C62H58N2O28/c1-19(65)83-17-35-57(85-21(3)67)59(87-23(5)69)53(61(91-35)89-25(7)71)63-37(79)11-9-27-13-29(73)43-47-39(27)40-28(10-12-38(80)64-54-60(88-24(6)70)58(86-22(4)68)36(18-84-20(2)66)92-62(54)90-26(8)72)14-30(74)44-48(40)52-50-42(32(76)16-34(78)46(50)56(44)82)41-31(75)15-33(77)45(55(43)81)49(41)51(47)52/h13-16,35-36,53-54,57-62,75-78,81-82H,9-12,17-18H2,1-8H3,(H,63,79)(H,64,80)/t35-,36-,53-,54-,57-,58-,59-,60-,61-,62-/m1/s1. The predicted molar refractivity (Wildman–Crippen MR) is 313 cm³/mol. The third-order valence-electron chi connectivity index (χ3n) is 15.9. The molecule has 10 atom stereocenters. The average Bonchev–Trinajstić information content (AvgIpc) is 0.659. The quantitative estimate of drug-likeness (QED) is 0.0265. The fourth-order valence-electron chi connectivity index (χ4n) is 12.8. The molecule has 30 heteroatoms. The van der Waals surface area contributed by atoms with E-state index in [4.69, 9.17) is 47.4 Å². The van der Waals surface area contributed by atoms with Crippen molar-refractivity contribution in [2.24, 2.45) is 0 Å². The maximum absolute atomic E-state index is 15.0. The van der Waals surface area contributed by atoms with Gasteiger partial charge in [0, 0.05) is 123 Å². The number of phenols is 6. The number of aryl methyl sites for hydroxylation is 2. The zero-order valence-corrected chi connectivity index (χ0v) is 50.0. The maximum atomic E-state index is 15.0. The normalized spacial score (nSPS) is 21.6. The first-order chi connectivity index (χ1) is 43.4. The fraction of sp³-hybridized carbons (Fsp3) is 0.387. The molecule has 2 saturated heterocycles. The van der Waals surface area contributed by atoms with Gasteiger partial charge in [-0.1, -0.05) is 0 Å². The van der Waals surface area contributed by atoms with Crippen LogP contribution in [0.2, 0.25) is 0 Å². The molecule has 8 N–H and O–H groups in total. The molecule has 10 rings (SSSR count). The van der Waals surface area contributed by atoms with Gasteiger partial charge < -0.3 is 88.6 Å². The summed E-state index contributed by atoms with van der Waals surface area (Å²) in [6.45, 7) is 6.80. The summed E-state index contributed by atoms with van der Waals surface area (Å²) in [6, 6.07) is 0.321. The molecular formula is C62H58N2O28. The van der Waals surface area contributed by atoms with Gasteiger partial charge in [0.2, 0.25) is 24.4 Å². The molecule has 0 bridgehead atoms. The number of hydrogen-bond donors (Lipinski definition) is 8. The van der Waals surface area contributed by atoms with E-state index in [1.165, 1.54) is 0 Å². The Morgan fingerprint density at radius 2 is 0.663 bits per heavy atom. The number of phenolic OH excluding ortho intramolecular Hbond substituents is 6. The number of benzene rings is 8. The number of esters is 8. The molecule has 0 spiro atoms. The second kappa shape index (κ2) is 24.6. The van der Waals surface area contributed by atoms with E-state index in [1.54, 1.807) is 0 Å². The molecule has 484 valence electrons. The fourth-order valence-corrected chi connectivity index (χ4v) is 12.8. The van der Waals surface area contributed by atoms with Crippen LogP contribution in [0.25, 0.3) is 75.4 Å². The Kier molecular flexibility index (Phi) is 17.2. The summed E-state index contributed by atoms with van der Waals surface area (Å²) in [5, 5.41) is 73.5. The predicted octanol–water partition coefficient (Wildman–Crippen LogP) is 2.73. The third kappa shape index (κ3) is 11.6. The summed E-state index contributed by atoms with van der Waals surface area (Å²) in [4.78, 5) is 159. The van der Waals surface area contributed by atoms with Gasteiger partial charge in [-0.2, -0.15) is 0 Å². The van der Waals surface area contributed by atoms with Crippen LogP contribution in [0.3, 0.4) is 0 Å². The highest BCUT2D eigenvalue weighted by Gasteiger charge is 2.54. The molecule has 8 aromatic carbocycles. The highest BCUT2D eigenvalue weighted by Crippen LogP contribution is 2.60. The molecule has 0 radical (unpaired) electrons. The number of carbonyl (C=O) groups excluding carboxylic acids is 10. The molecular weight excluding hydrogens is 1220 g/mol. The van der Waals surface area contributed by atoms with Gasteiger partial charge in [-0.05, 0) is 46.9 Å². The lowest BCUT2D eigenvalue weighted by molar-refractivity contribution is -0.271. The van der Waals surface area contributed by atoms with E-state index in [0.717, 1.165) is 79.7 Å². The van der Waals surface area contributed by atoms with Crippen molar-refractivity contribution in [1.29, 1.82) is 0 Å². The summed E-state index contributed by atoms with van der Waals surface area (Å²) in [5.74, 6) is -14.0. The SMILES string of the molecule is CC(=O)OC[C@H]1O[C@@H](OC(C)=O)[C@H](NC(=O)CCc2cc(=O)c3c(O)c4c(O)cc(O)c5c6c(O)cc(O)c7c(O)c8c(=O)cc(CCC(=O)N[C@H]9[C@H](OC(C)=O)O[C@H](COC(C)=O)[C@@H](OC(C)=O)[C@@H]9OC(C)=O)c9c2c3c(c45)c(c76)c89)[C@@H](OC(C)=O)[C@@H]1OC(C)=O. The molecule has 2 amide bonds. The van der Waals surface area contributed by atoms with Crippen LogP contribution < -0.4 is 21.5 Å². The van der Waals surface area contributed by atoms with Gasteiger partial charge in [-0.25, -0.2) is 0 Å². The van der Waals surface area contributed by atoms with Crippen LogP contribution in [0.1, 0.15) is 79.4 Å². The molecule has 92 heavy (non-hydrogen) atoms. The van der Waals surface area contributed by atoms with E-state index < -0.39 is 227 Å². The number of aromatic hydroxyl groups is 6. The van der Waals surface area contributed by atoms with Crippen LogP contribution in [0.15, 0.2) is 33.9 Å². The lowest BCUT2D eigenvalue weighted by Crippen LogP contribution is -2.67. The van der Waals surface area contributed by atoms with Crippen molar-refractivity contribution in [3.63, 3.8) is 0 Å². The van der Waals surface area contributed by atoms with Gasteiger partial charge in [0.1, 0.15) is 72.0 Å². The van der Waals surface area contributed by atoms with Gasteiger partial charge in [-0.15, -0.1) is 0 Å². The first-order valence-electron chi connectivity index (χ1n) is 28.4. The Bertz CT molecular complexity index is 4260. The maximum Gasteiger partial charge on any atom is 0.305 e. The average molecular weight is 1280 g/mol. The largest absolute Gasteiger partial charge is 0.507 e. The molecule has 2 aliphatic rings. The van der Waals surface area contributed by atoms with Crippen molar-refractivity contribution in [2.45, 2.75) is 142 Å². The van der Waals surface area contributed by atoms with Gasteiger partial charge in [0.05, 0.1) is 21.5 Å². The number of fused-ring (bicyclic) bond motifs is 2. The van der Waals surface area contributed by atoms with Gasteiger partial charge in [0.25, 0.3) is 0 Å². The van der Waals surface area contributed by atoms with Crippen molar-refractivity contribution in [2.75, 3.05) is 13.2 Å². The van der Waals surface area contributed by atoms with E-state index in [1.807, 2.05) is 0 Å². The summed E-state index contributed by atoms with van der Waals surface area (Å²) in [6.07, 6.45) is -15.6. The summed E-state index contributed by atoms with van der Waals surface area (Å²) >= 11 is 0. The third-order valence-corrected chi connectivity index (χ3v) is 15.9. The first-order valence-corrected chi connectivity index (χ1v) is 28.4. The zero-order chi connectivity index (χ0) is 67.0. The minimum atomic E-state index is -1.83. The van der Waals surface area contributed by atoms with Gasteiger partial charge >= 0.3 is 47.8 Å². The highest BCUT2D eigenvalue weighted by atomic mass is 16.7. The Morgan fingerprint density at radius 3 is 0.978 bits per heavy atom. The minimum absolute atomic E-state index is 0.0544. The van der Waals surface area contributed by atoms with E-state index >= 15 is 0 Å². The first kappa shape index (κ1) is 64.4. The second-order valence-corrected chi connectivity index (χ2v) is 22.2. The molecule has 30 nitrogen and oxygen atoms in total. The zero-order valence-electron chi connectivity index (χ0n) is 50.0. The Labute approximate surface area is 515 Å². The van der Waals surface area contributed by atoms with Crippen molar-refractivity contribution < 1.29 is 126 Å².